The van der Waals surface area contributed by atoms with Gasteiger partial charge in [0, 0.05) is 12.2 Å². The van der Waals surface area contributed by atoms with E-state index in [0.29, 0.717) is 12.2 Å². The van der Waals surface area contributed by atoms with Gasteiger partial charge in [-0.25, -0.2) is 4.79 Å². The maximum Gasteiger partial charge on any atom is 0.416 e. The molecule has 0 radical (unpaired) electrons. The van der Waals surface area contributed by atoms with Gasteiger partial charge in [0.25, 0.3) is 0 Å². The summed E-state index contributed by atoms with van der Waals surface area (Å²) in [4.78, 5) is 11.4. The molecule has 0 saturated carbocycles. The Morgan fingerprint density at radius 1 is 1.16 bits per heavy atom. The minimum absolute atomic E-state index is 0.334. The van der Waals surface area contributed by atoms with Crippen LogP contribution in [0.2, 0.25) is 0 Å². The van der Waals surface area contributed by atoms with E-state index in [1.165, 1.54) is 12.1 Å². The van der Waals surface area contributed by atoms with Crippen molar-refractivity contribution in [3.63, 3.8) is 0 Å². The Kier molecular flexibility index (Phi) is 5.66. The van der Waals surface area contributed by atoms with Gasteiger partial charge in [0.2, 0.25) is 0 Å². The van der Waals surface area contributed by atoms with Crippen LogP contribution in [-0.2, 0) is 6.18 Å². The van der Waals surface area contributed by atoms with Crippen LogP contribution in [0, 0.1) is 0 Å². The zero-order chi connectivity index (χ0) is 14.3. The molecule has 1 rings (SSSR count). The van der Waals surface area contributed by atoms with Gasteiger partial charge in [0.15, 0.2) is 0 Å². The fourth-order valence-electron chi connectivity index (χ4n) is 1.49. The molecule has 0 bridgehead atoms. The molecule has 1 aromatic rings. The number of urea groups is 1. The number of anilines is 1. The topological polar surface area (TPSA) is 41.1 Å². The van der Waals surface area contributed by atoms with E-state index in [1.54, 1.807) is 0 Å². The summed E-state index contributed by atoms with van der Waals surface area (Å²) in [5.41, 5.74) is -0.401. The molecule has 3 nitrogen and oxygen atoms in total. The van der Waals surface area contributed by atoms with Crippen LogP contribution in [0.3, 0.4) is 0 Å². The predicted octanol–water partition coefficient (Wildman–Crippen LogP) is 4.02. The van der Waals surface area contributed by atoms with Gasteiger partial charge in [0.05, 0.1) is 5.56 Å². The largest absolute Gasteiger partial charge is 0.416 e. The van der Waals surface area contributed by atoms with Gasteiger partial charge in [-0.2, -0.15) is 13.2 Å². The van der Waals surface area contributed by atoms with Gasteiger partial charge in [-0.3, -0.25) is 0 Å². The van der Waals surface area contributed by atoms with E-state index >= 15 is 0 Å². The number of carbonyl (C=O) groups excluding carboxylic acids is 1. The Bertz CT molecular complexity index is 401. The van der Waals surface area contributed by atoms with Crippen molar-refractivity contribution in [2.45, 2.75) is 32.4 Å². The summed E-state index contributed by atoms with van der Waals surface area (Å²) in [7, 11) is 0. The molecule has 0 aromatic heterocycles. The SMILES string of the molecule is CCCCCNC(=O)Nc1ccc(C(F)(F)F)cc1. The minimum Gasteiger partial charge on any atom is -0.338 e. The number of carbonyl (C=O) groups is 1. The number of hydrogen-bond donors (Lipinski definition) is 2. The summed E-state index contributed by atoms with van der Waals surface area (Å²) in [5, 5.41) is 5.12. The number of unbranched alkanes of at least 4 members (excludes halogenated alkanes) is 2. The predicted molar refractivity (Wildman–Crippen MR) is 68.0 cm³/mol. The van der Waals surface area contributed by atoms with Crippen LogP contribution < -0.4 is 10.6 Å². The van der Waals surface area contributed by atoms with Gasteiger partial charge < -0.3 is 10.6 Å². The van der Waals surface area contributed by atoms with Crippen LogP contribution in [0.5, 0.6) is 0 Å². The van der Waals surface area contributed by atoms with Crippen molar-refractivity contribution in [3.8, 4) is 0 Å². The fourth-order valence-corrected chi connectivity index (χ4v) is 1.49. The summed E-state index contributed by atoms with van der Waals surface area (Å²) in [6, 6.07) is 3.93. The van der Waals surface area contributed by atoms with Crippen LogP contribution in [-0.4, -0.2) is 12.6 Å². The molecule has 0 atom stereocenters. The molecule has 0 fully saturated rings. The third-order valence-corrected chi connectivity index (χ3v) is 2.54. The lowest BCUT2D eigenvalue weighted by molar-refractivity contribution is -0.137. The van der Waals surface area contributed by atoms with Crippen molar-refractivity contribution < 1.29 is 18.0 Å². The van der Waals surface area contributed by atoms with Crippen LogP contribution in [0.15, 0.2) is 24.3 Å². The van der Waals surface area contributed by atoms with Crippen LogP contribution in [0.1, 0.15) is 31.7 Å². The van der Waals surface area contributed by atoms with Crippen LogP contribution in [0.25, 0.3) is 0 Å². The van der Waals surface area contributed by atoms with E-state index < -0.39 is 17.8 Å². The van der Waals surface area contributed by atoms with Crippen LogP contribution >= 0.6 is 0 Å². The molecule has 2 amide bonds. The monoisotopic (exact) mass is 274 g/mol. The zero-order valence-electron chi connectivity index (χ0n) is 10.7. The highest BCUT2D eigenvalue weighted by atomic mass is 19.4. The second-order valence-corrected chi connectivity index (χ2v) is 4.16. The Labute approximate surface area is 110 Å². The Balaban J connectivity index is 2.43. The number of halogens is 3. The first-order chi connectivity index (χ1) is 8.93. The molecule has 0 saturated heterocycles. The maximum absolute atomic E-state index is 12.3. The van der Waals surface area contributed by atoms with E-state index in [9.17, 15) is 18.0 Å². The average molecular weight is 274 g/mol. The lowest BCUT2D eigenvalue weighted by Gasteiger charge is -2.09. The quantitative estimate of drug-likeness (QED) is 0.782. The van der Waals surface area contributed by atoms with Crippen LogP contribution in [0.4, 0.5) is 23.7 Å². The second-order valence-electron chi connectivity index (χ2n) is 4.16. The van der Waals surface area contributed by atoms with Gasteiger partial charge in [-0.1, -0.05) is 19.8 Å². The fraction of sp³-hybridized carbons (Fsp3) is 0.462. The summed E-state index contributed by atoms with van der Waals surface area (Å²) in [6.07, 6.45) is -1.39. The molecule has 0 aliphatic rings. The van der Waals surface area contributed by atoms with Crippen molar-refractivity contribution in [2.75, 3.05) is 11.9 Å². The van der Waals surface area contributed by atoms with Crippen molar-refractivity contribution >= 4 is 11.7 Å². The second kappa shape index (κ2) is 7.01. The Morgan fingerprint density at radius 3 is 2.32 bits per heavy atom. The van der Waals surface area contributed by atoms with Crippen molar-refractivity contribution in [2.24, 2.45) is 0 Å². The van der Waals surface area contributed by atoms with Gasteiger partial charge in [0.1, 0.15) is 0 Å². The van der Waals surface area contributed by atoms with E-state index in [4.69, 9.17) is 0 Å². The summed E-state index contributed by atoms with van der Waals surface area (Å²) >= 11 is 0. The van der Waals surface area contributed by atoms with Gasteiger partial charge >= 0.3 is 12.2 Å². The molecule has 106 valence electrons. The standard InChI is InChI=1S/C13H17F3N2O/c1-2-3-4-9-17-12(19)18-11-7-5-10(6-8-11)13(14,15)16/h5-8H,2-4,9H2,1H3,(H2,17,18,19). The normalized spacial score (nSPS) is 11.2. The van der Waals surface area contributed by atoms with Gasteiger partial charge in [-0.15, -0.1) is 0 Å². The van der Waals surface area contributed by atoms with Crippen molar-refractivity contribution in [1.82, 2.24) is 5.32 Å². The molecule has 6 heteroatoms. The molecule has 2 N–H and O–H groups in total. The van der Waals surface area contributed by atoms with Crippen molar-refractivity contribution in [1.29, 1.82) is 0 Å². The molecule has 0 unspecified atom stereocenters. The number of hydrogen-bond acceptors (Lipinski definition) is 1. The number of nitrogens with one attached hydrogen (secondary N) is 2. The molecule has 0 heterocycles. The molecule has 0 aliphatic heterocycles. The van der Waals surface area contributed by atoms with Gasteiger partial charge in [-0.05, 0) is 30.7 Å². The minimum atomic E-state index is -4.36. The molecule has 0 spiro atoms. The summed E-state index contributed by atoms with van der Waals surface area (Å²) in [5.74, 6) is 0. The summed E-state index contributed by atoms with van der Waals surface area (Å²) < 4.78 is 37.0. The number of benzene rings is 1. The lowest BCUT2D eigenvalue weighted by Crippen LogP contribution is -2.29. The number of amides is 2. The van der Waals surface area contributed by atoms with E-state index in [-0.39, 0.29) is 0 Å². The molecular weight excluding hydrogens is 257 g/mol. The number of rotatable bonds is 5. The molecule has 19 heavy (non-hydrogen) atoms. The third kappa shape index (κ3) is 5.63. The highest BCUT2D eigenvalue weighted by Crippen LogP contribution is 2.29. The average Bonchev–Trinajstić information content (AvgIpc) is 2.34. The van der Waals surface area contributed by atoms with E-state index in [2.05, 4.69) is 17.6 Å². The zero-order valence-corrected chi connectivity index (χ0v) is 10.7. The summed E-state index contributed by atoms with van der Waals surface area (Å²) in [6.45, 7) is 2.61. The molecular formula is C13H17F3N2O. The molecule has 1 aromatic carbocycles. The Hall–Kier alpha value is -1.72. The smallest absolute Gasteiger partial charge is 0.338 e. The third-order valence-electron chi connectivity index (χ3n) is 2.54. The first-order valence-electron chi connectivity index (χ1n) is 6.15. The van der Waals surface area contributed by atoms with E-state index in [0.717, 1.165) is 31.4 Å². The highest BCUT2D eigenvalue weighted by molar-refractivity contribution is 5.89. The maximum atomic E-state index is 12.3. The first kappa shape index (κ1) is 15.3. The molecule has 0 aliphatic carbocycles. The van der Waals surface area contributed by atoms with Crippen molar-refractivity contribution in [3.05, 3.63) is 29.8 Å². The number of alkyl halides is 3. The lowest BCUT2D eigenvalue weighted by atomic mass is 10.2. The van der Waals surface area contributed by atoms with E-state index in [1.807, 2.05) is 0 Å². The first-order valence-corrected chi connectivity index (χ1v) is 6.15. The highest BCUT2D eigenvalue weighted by Gasteiger charge is 2.29. The Morgan fingerprint density at radius 2 is 1.79 bits per heavy atom.